The van der Waals surface area contributed by atoms with Crippen molar-refractivity contribution in [3.8, 4) is 11.3 Å². The number of nitrogens with zero attached hydrogens (tertiary/aromatic N) is 4. The minimum absolute atomic E-state index is 0.219. The molecule has 0 fully saturated rings. The third kappa shape index (κ3) is 3.89. The van der Waals surface area contributed by atoms with Crippen LogP contribution in [0.25, 0.3) is 11.3 Å². The maximum Gasteiger partial charge on any atom is 0.191 e. The number of nitrogens with one attached hydrogen (secondary N) is 1. The molecule has 1 N–H and O–H groups in total. The van der Waals surface area contributed by atoms with E-state index in [1.165, 1.54) is 24.4 Å². The summed E-state index contributed by atoms with van der Waals surface area (Å²) in [5.41, 5.74) is 2.75. The van der Waals surface area contributed by atoms with E-state index in [-0.39, 0.29) is 11.2 Å². The molecule has 34 heavy (non-hydrogen) atoms. The standard InChI is InChI=1S/C26H25F2N5O/c1-15-30-13-21(34-15)19-10-5-16(11-20(19)28)12-22-31-24(29-4)23-25(32-22)33(14-26(23,2)3)18-8-6-17(27)7-9-18/h5-11,13H,12,14H2,1-4H3,(H,29,31,32). The average molecular weight is 462 g/mol. The first-order valence-corrected chi connectivity index (χ1v) is 11.1. The van der Waals surface area contributed by atoms with Crippen LogP contribution in [-0.2, 0) is 11.8 Å². The lowest BCUT2D eigenvalue weighted by Crippen LogP contribution is -2.25. The van der Waals surface area contributed by atoms with E-state index in [9.17, 15) is 8.78 Å². The van der Waals surface area contributed by atoms with E-state index in [0.29, 0.717) is 36.0 Å². The predicted molar refractivity (Wildman–Crippen MR) is 127 cm³/mol. The fourth-order valence-corrected chi connectivity index (χ4v) is 4.49. The molecule has 3 heterocycles. The highest BCUT2D eigenvalue weighted by Crippen LogP contribution is 2.46. The van der Waals surface area contributed by atoms with E-state index in [2.05, 4.69) is 29.0 Å². The third-order valence-corrected chi connectivity index (χ3v) is 6.08. The molecular weight excluding hydrogens is 436 g/mol. The van der Waals surface area contributed by atoms with Gasteiger partial charge in [0.2, 0.25) is 0 Å². The van der Waals surface area contributed by atoms with Crippen molar-refractivity contribution >= 4 is 17.3 Å². The molecule has 6 nitrogen and oxygen atoms in total. The van der Waals surface area contributed by atoms with Crippen molar-refractivity contribution in [3.05, 3.63) is 83.1 Å². The minimum atomic E-state index is -0.391. The molecule has 5 rings (SSSR count). The third-order valence-electron chi connectivity index (χ3n) is 6.08. The number of rotatable bonds is 5. The summed E-state index contributed by atoms with van der Waals surface area (Å²) in [7, 11) is 1.83. The summed E-state index contributed by atoms with van der Waals surface area (Å²) >= 11 is 0. The SMILES string of the molecule is CNc1nc(Cc2ccc(-c3cnc(C)o3)c(F)c2)nc2c1C(C)(C)CN2c1ccc(F)cc1. The first kappa shape index (κ1) is 22.0. The second-order valence-corrected chi connectivity index (χ2v) is 9.12. The van der Waals surface area contributed by atoms with Crippen LogP contribution in [-0.4, -0.2) is 28.5 Å². The van der Waals surface area contributed by atoms with Crippen molar-refractivity contribution in [2.24, 2.45) is 0 Å². The summed E-state index contributed by atoms with van der Waals surface area (Å²) in [6, 6.07) is 11.4. The van der Waals surface area contributed by atoms with Crippen LogP contribution < -0.4 is 10.2 Å². The Bertz CT molecular complexity index is 1360. The van der Waals surface area contributed by atoms with E-state index in [0.717, 1.165) is 28.5 Å². The molecule has 0 aliphatic carbocycles. The highest BCUT2D eigenvalue weighted by Gasteiger charge is 2.40. The zero-order valence-corrected chi connectivity index (χ0v) is 19.5. The Balaban J connectivity index is 1.52. The number of aryl methyl sites for hydroxylation is 1. The zero-order valence-electron chi connectivity index (χ0n) is 19.5. The molecule has 2 aromatic carbocycles. The minimum Gasteiger partial charge on any atom is -0.441 e. The van der Waals surface area contributed by atoms with Gasteiger partial charge in [0.15, 0.2) is 11.7 Å². The van der Waals surface area contributed by atoms with Gasteiger partial charge in [-0.05, 0) is 42.0 Å². The highest BCUT2D eigenvalue weighted by molar-refractivity contribution is 5.74. The molecule has 174 valence electrons. The van der Waals surface area contributed by atoms with Crippen LogP contribution in [0.4, 0.5) is 26.1 Å². The maximum atomic E-state index is 14.9. The van der Waals surface area contributed by atoms with Gasteiger partial charge >= 0.3 is 0 Å². The molecule has 2 aromatic heterocycles. The van der Waals surface area contributed by atoms with Gasteiger partial charge in [0.1, 0.15) is 29.1 Å². The number of hydrogen-bond acceptors (Lipinski definition) is 6. The van der Waals surface area contributed by atoms with Gasteiger partial charge in [-0.3, -0.25) is 0 Å². The smallest absolute Gasteiger partial charge is 0.191 e. The fraction of sp³-hybridized carbons (Fsp3) is 0.269. The molecule has 0 unspecified atom stereocenters. The van der Waals surface area contributed by atoms with E-state index in [4.69, 9.17) is 14.4 Å². The van der Waals surface area contributed by atoms with Crippen molar-refractivity contribution in [1.82, 2.24) is 15.0 Å². The number of benzene rings is 2. The Labute approximate surface area is 196 Å². The van der Waals surface area contributed by atoms with E-state index in [1.54, 1.807) is 25.1 Å². The number of fused-ring (bicyclic) bond motifs is 1. The van der Waals surface area contributed by atoms with E-state index in [1.807, 2.05) is 13.1 Å². The Morgan fingerprint density at radius 2 is 1.85 bits per heavy atom. The van der Waals surface area contributed by atoms with Crippen LogP contribution >= 0.6 is 0 Å². The Hall–Kier alpha value is -3.81. The molecular formula is C26H25F2N5O. The molecule has 0 spiro atoms. The van der Waals surface area contributed by atoms with Crippen LogP contribution in [0.5, 0.6) is 0 Å². The molecule has 0 amide bonds. The maximum absolute atomic E-state index is 14.9. The second-order valence-electron chi connectivity index (χ2n) is 9.12. The molecule has 0 radical (unpaired) electrons. The number of hydrogen-bond donors (Lipinski definition) is 1. The van der Waals surface area contributed by atoms with Crippen molar-refractivity contribution < 1.29 is 13.2 Å². The van der Waals surface area contributed by atoms with Crippen LogP contribution in [0, 0.1) is 18.6 Å². The van der Waals surface area contributed by atoms with Gasteiger partial charge in [0, 0.05) is 43.6 Å². The summed E-state index contributed by atoms with van der Waals surface area (Å²) in [5.74, 6) is 2.29. The van der Waals surface area contributed by atoms with Gasteiger partial charge in [0.25, 0.3) is 0 Å². The van der Waals surface area contributed by atoms with Gasteiger partial charge in [-0.1, -0.05) is 19.9 Å². The zero-order chi connectivity index (χ0) is 24.0. The van der Waals surface area contributed by atoms with Crippen molar-refractivity contribution in [3.63, 3.8) is 0 Å². The van der Waals surface area contributed by atoms with Crippen LogP contribution in [0.15, 0.2) is 53.1 Å². The lowest BCUT2D eigenvalue weighted by Gasteiger charge is -2.21. The first-order chi connectivity index (χ1) is 16.2. The molecule has 8 heteroatoms. The van der Waals surface area contributed by atoms with E-state index < -0.39 is 5.82 Å². The van der Waals surface area contributed by atoms with Crippen LogP contribution in [0.3, 0.4) is 0 Å². The normalized spacial score (nSPS) is 14.4. The molecule has 0 atom stereocenters. The van der Waals surface area contributed by atoms with E-state index >= 15 is 0 Å². The average Bonchev–Trinajstić information content (AvgIpc) is 3.34. The summed E-state index contributed by atoms with van der Waals surface area (Å²) in [6.07, 6.45) is 1.87. The quantitative estimate of drug-likeness (QED) is 0.406. The van der Waals surface area contributed by atoms with Crippen LogP contribution in [0.2, 0.25) is 0 Å². The first-order valence-electron chi connectivity index (χ1n) is 11.1. The molecule has 4 aromatic rings. The summed E-state index contributed by atoms with van der Waals surface area (Å²) in [6.45, 7) is 6.68. The summed E-state index contributed by atoms with van der Waals surface area (Å²) in [4.78, 5) is 15.7. The monoisotopic (exact) mass is 461 g/mol. The molecule has 0 bridgehead atoms. The number of aromatic nitrogens is 3. The number of anilines is 3. The van der Waals surface area contributed by atoms with Crippen molar-refractivity contribution in [1.29, 1.82) is 0 Å². The number of oxazole rings is 1. The molecule has 0 saturated carbocycles. The van der Waals surface area contributed by atoms with Gasteiger partial charge in [0.05, 0.1) is 11.8 Å². The lowest BCUT2D eigenvalue weighted by atomic mass is 9.88. The Morgan fingerprint density at radius 1 is 1.09 bits per heavy atom. The Kier molecular flexibility index (Phi) is 5.31. The van der Waals surface area contributed by atoms with Crippen molar-refractivity contribution in [2.45, 2.75) is 32.6 Å². The van der Waals surface area contributed by atoms with Crippen LogP contribution in [0.1, 0.15) is 36.7 Å². The predicted octanol–water partition coefficient (Wildman–Crippen LogP) is 5.78. The Morgan fingerprint density at radius 3 is 2.50 bits per heavy atom. The van der Waals surface area contributed by atoms with Gasteiger partial charge in [-0.25, -0.2) is 23.7 Å². The largest absolute Gasteiger partial charge is 0.441 e. The second kappa shape index (κ2) is 8.20. The summed E-state index contributed by atoms with van der Waals surface area (Å²) in [5, 5.41) is 3.20. The number of halogens is 2. The molecule has 0 saturated heterocycles. The van der Waals surface area contributed by atoms with Gasteiger partial charge in [-0.15, -0.1) is 0 Å². The molecule has 1 aliphatic rings. The molecule has 1 aliphatic heterocycles. The topological polar surface area (TPSA) is 67.1 Å². The summed E-state index contributed by atoms with van der Waals surface area (Å²) < 4.78 is 33.8. The van der Waals surface area contributed by atoms with Gasteiger partial charge < -0.3 is 14.6 Å². The highest BCUT2D eigenvalue weighted by atomic mass is 19.1. The fourth-order valence-electron chi connectivity index (χ4n) is 4.49. The lowest BCUT2D eigenvalue weighted by molar-refractivity contribution is 0.528. The van der Waals surface area contributed by atoms with Crippen molar-refractivity contribution in [2.75, 3.05) is 23.8 Å². The van der Waals surface area contributed by atoms with Gasteiger partial charge in [-0.2, -0.15) is 0 Å².